The Hall–Kier alpha value is -2.13. The van der Waals surface area contributed by atoms with Crippen molar-refractivity contribution >= 4 is 5.91 Å². The summed E-state index contributed by atoms with van der Waals surface area (Å²) in [4.78, 5) is 14.4. The van der Waals surface area contributed by atoms with Crippen LogP contribution in [0.25, 0.3) is 0 Å². The molecular formula is C21H26N2O. The maximum atomic E-state index is 12.5. The first kappa shape index (κ1) is 16.7. The highest BCUT2D eigenvalue weighted by molar-refractivity contribution is 5.76. The Morgan fingerprint density at radius 2 is 1.83 bits per heavy atom. The summed E-state index contributed by atoms with van der Waals surface area (Å²) in [5.74, 6) is 0.692. The lowest BCUT2D eigenvalue weighted by Crippen LogP contribution is -2.30. The predicted octanol–water partition coefficient (Wildman–Crippen LogP) is 3.27. The van der Waals surface area contributed by atoms with Crippen LogP contribution in [0.4, 0.5) is 0 Å². The molecule has 0 heterocycles. The van der Waals surface area contributed by atoms with E-state index in [4.69, 9.17) is 5.73 Å². The Balaban J connectivity index is 1.56. The Bertz CT molecular complexity index is 710. The highest BCUT2D eigenvalue weighted by Gasteiger charge is 2.24. The van der Waals surface area contributed by atoms with E-state index in [1.807, 2.05) is 30.1 Å². The van der Waals surface area contributed by atoms with E-state index in [0.29, 0.717) is 18.9 Å². The molecule has 3 heteroatoms. The number of hydrogen-bond acceptors (Lipinski definition) is 2. The van der Waals surface area contributed by atoms with Crippen LogP contribution in [0.5, 0.6) is 0 Å². The molecule has 3 nitrogen and oxygen atoms in total. The first-order chi connectivity index (χ1) is 11.7. The van der Waals surface area contributed by atoms with E-state index in [2.05, 4.69) is 30.3 Å². The summed E-state index contributed by atoms with van der Waals surface area (Å²) in [6, 6.07) is 16.7. The number of aryl methyl sites for hydroxylation is 2. The van der Waals surface area contributed by atoms with Gasteiger partial charge < -0.3 is 10.6 Å². The molecule has 0 aromatic heterocycles. The van der Waals surface area contributed by atoms with Crippen molar-refractivity contribution in [3.8, 4) is 0 Å². The number of hydrogen-bond donors (Lipinski definition) is 1. The summed E-state index contributed by atoms with van der Waals surface area (Å²) >= 11 is 0. The quantitative estimate of drug-likeness (QED) is 0.887. The SMILES string of the molecule is CN(CC1CCc2ccccc21)C(=O)CCc1ccccc1CN. The maximum Gasteiger partial charge on any atom is 0.222 e. The standard InChI is InChI=1S/C21H26N2O/c1-23(15-19-11-10-17-7-4-5-9-20(17)19)21(24)13-12-16-6-2-3-8-18(16)14-22/h2-9,19H,10-15,22H2,1H3. The minimum Gasteiger partial charge on any atom is -0.345 e. The van der Waals surface area contributed by atoms with Crippen LogP contribution in [-0.4, -0.2) is 24.4 Å². The first-order valence-corrected chi connectivity index (χ1v) is 8.77. The molecule has 2 aromatic rings. The van der Waals surface area contributed by atoms with E-state index in [1.165, 1.54) is 16.7 Å². The minimum absolute atomic E-state index is 0.214. The van der Waals surface area contributed by atoms with Gasteiger partial charge in [0.05, 0.1) is 0 Å². The zero-order valence-corrected chi connectivity index (χ0v) is 14.4. The summed E-state index contributed by atoms with van der Waals surface area (Å²) in [5.41, 5.74) is 11.0. The average Bonchev–Trinajstić information content (AvgIpc) is 3.03. The van der Waals surface area contributed by atoms with Crippen LogP contribution in [0.1, 0.15) is 41.0 Å². The number of carbonyl (C=O) groups is 1. The van der Waals surface area contributed by atoms with Crippen LogP contribution in [-0.2, 0) is 24.2 Å². The summed E-state index contributed by atoms with van der Waals surface area (Å²) in [6.45, 7) is 1.34. The second-order valence-electron chi connectivity index (χ2n) is 6.68. The predicted molar refractivity (Wildman–Crippen MR) is 97.8 cm³/mol. The Labute approximate surface area is 144 Å². The minimum atomic E-state index is 0.214. The van der Waals surface area contributed by atoms with E-state index in [-0.39, 0.29) is 5.91 Å². The maximum absolute atomic E-state index is 12.5. The van der Waals surface area contributed by atoms with E-state index in [9.17, 15) is 4.79 Å². The normalized spacial score (nSPS) is 16.0. The molecule has 2 N–H and O–H groups in total. The topological polar surface area (TPSA) is 46.3 Å². The molecule has 1 aliphatic carbocycles. The van der Waals surface area contributed by atoms with E-state index >= 15 is 0 Å². The van der Waals surface area contributed by atoms with Gasteiger partial charge in [-0.05, 0) is 41.5 Å². The van der Waals surface area contributed by atoms with Crippen LogP contribution in [0.2, 0.25) is 0 Å². The Morgan fingerprint density at radius 1 is 1.12 bits per heavy atom. The monoisotopic (exact) mass is 322 g/mol. The van der Waals surface area contributed by atoms with Crippen LogP contribution >= 0.6 is 0 Å². The van der Waals surface area contributed by atoms with Crippen molar-refractivity contribution in [1.82, 2.24) is 4.90 Å². The van der Waals surface area contributed by atoms with Crippen molar-refractivity contribution in [3.63, 3.8) is 0 Å². The Kier molecular flexibility index (Phi) is 5.31. The van der Waals surface area contributed by atoms with Gasteiger partial charge in [0.15, 0.2) is 0 Å². The van der Waals surface area contributed by atoms with E-state index in [0.717, 1.165) is 31.4 Å². The molecule has 126 valence electrons. The molecule has 0 spiro atoms. The molecule has 2 aromatic carbocycles. The molecule has 0 aliphatic heterocycles. The van der Waals surface area contributed by atoms with Crippen molar-refractivity contribution < 1.29 is 4.79 Å². The third-order valence-corrected chi connectivity index (χ3v) is 5.12. The number of nitrogens with two attached hydrogens (primary N) is 1. The smallest absolute Gasteiger partial charge is 0.222 e. The molecule has 1 unspecified atom stereocenters. The van der Waals surface area contributed by atoms with Gasteiger partial charge in [0.2, 0.25) is 5.91 Å². The van der Waals surface area contributed by atoms with Crippen LogP contribution in [0, 0.1) is 0 Å². The molecule has 0 saturated heterocycles. The second kappa shape index (κ2) is 7.63. The number of likely N-dealkylation sites (N-methyl/N-ethyl adjacent to an activating group) is 1. The third-order valence-electron chi connectivity index (χ3n) is 5.12. The van der Waals surface area contributed by atoms with E-state index in [1.54, 1.807) is 0 Å². The van der Waals surface area contributed by atoms with Gasteiger partial charge in [-0.2, -0.15) is 0 Å². The highest BCUT2D eigenvalue weighted by atomic mass is 16.2. The number of rotatable bonds is 6. The Morgan fingerprint density at radius 3 is 2.62 bits per heavy atom. The summed E-state index contributed by atoms with van der Waals surface area (Å²) in [5, 5.41) is 0. The van der Waals surface area contributed by atoms with Gasteiger partial charge in [0.25, 0.3) is 0 Å². The van der Waals surface area contributed by atoms with Crippen molar-refractivity contribution in [1.29, 1.82) is 0 Å². The number of nitrogens with zero attached hydrogens (tertiary/aromatic N) is 1. The van der Waals surface area contributed by atoms with Gasteiger partial charge in [0.1, 0.15) is 0 Å². The van der Waals surface area contributed by atoms with Gasteiger partial charge in [-0.3, -0.25) is 4.79 Å². The van der Waals surface area contributed by atoms with Crippen LogP contribution in [0.15, 0.2) is 48.5 Å². The van der Waals surface area contributed by atoms with E-state index < -0.39 is 0 Å². The number of amides is 1. The lowest BCUT2D eigenvalue weighted by atomic mass is 10.00. The van der Waals surface area contributed by atoms with Crippen LogP contribution < -0.4 is 5.73 Å². The van der Waals surface area contributed by atoms with Gasteiger partial charge in [-0.25, -0.2) is 0 Å². The molecule has 3 rings (SSSR count). The second-order valence-corrected chi connectivity index (χ2v) is 6.68. The zero-order chi connectivity index (χ0) is 16.9. The van der Waals surface area contributed by atoms with Gasteiger partial charge in [-0.15, -0.1) is 0 Å². The van der Waals surface area contributed by atoms with Crippen LogP contribution in [0.3, 0.4) is 0 Å². The fourth-order valence-corrected chi connectivity index (χ4v) is 3.70. The fraction of sp³-hybridized carbons (Fsp3) is 0.381. The first-order valence-electron chi connectivity index (χ1n) is 8.77. The molecule has 1 aliphatic rings. The summed E-state index contributed by atoms with van der Waals surface area (Å²) in [6.07, 6.45) is 3.58. The largest absolute Gasteiger partial charge is 0.345 e. The molecule has 1 atom stereocenters. The molecular weight excluding hydrogens is 296 g/mol. The number of carbonyl (C=O) groups excluding carboxylic acids is 1. The van der Waals surface area contributed by atoms with Crippen molar-refractivity contribution in [2.75, 3.05) is 13.6 Å². The van der Waals surface area contributed by atoms with Crippen molar-refractivity contribution in [2.24, 2.45) is 5.73 Å². The number of benzene rings is 2. The fourth-order valence-electron chi connectivity index (χ4n) is 3.70. The van der Waals surface area contributed by atoms with Gasteiger partial charge in [-0.1, -0.05) is 48.5 Å². The molecule has 0 saturated carbocycles. The molecule has 0 radical (unpaired) electrons. The number of fused-ring (bicyclic) bond motifs is 1. The van der Waals surface area contributed by atoms with Crippen molar-refractivity contribution in [3.05, 3.63) is 70.8 Å². The van der Waals surface area contributed by atoms with Gasteiger partial charge in [0, 0.05) is 32.5 Å². The van der Waals surface area contributed by atoms with Gasteiger partial charge >= 0.3 is 0 Å². The molecule has 1 amide bonds. The lowest BCUT2D eigenvalue weighted by molar-refractivity contribution is -0.130. The lowest BCUT2D eigenvalue weighted by Gasteiger charge is -2.22. The highest BCUT2D eigenvalue weighted by Crippen LogP contribution is 2.33. The molecule has 0 fully saturated rings. The zero-order valence-electron chi connectivity index (χ0n) is 14.4. The molecule has 24 heavy (non-hydrogen) atoms. The average molecular weight is 322 g/mol. The summed E-state index contributed by atoms with van der Waals surface area (Å²) < 4.78 is 0. The van der Waals surface area contributed by atoms with Crippen molar-refractivity contribution in [2.45, 2.75) is 38.1 Å². The third kappa shape index (κ3) is 3.68. The molecule has 0 bridgehead atoms. The summed E-state index contributed by atoms with van der Waals surface area (Å²) in [7, 11) is 1.93.